The van der Waals surface area contributed by atoms with Gasteiger partial charge in [0.1, 0.15) is 0 Å². The van der Waals surface area contributed by atoms with Crippen LogP contribution in [0.4, 0.5) is 0 Å². The summed E-state index contributed by atoms with van der Waals surface area (Å²) in [5.41, 5.74) is 2.12. The van der Waals surface area contributed by atoms with Crippen molar-refractivity contribution in [2.24, 2.45) is 7.05 Å². The number of sulfonamides is 1. The minimum Gasteiger partial charge on any atom is -0.381 e. The molecule has 2 aliphatic rings. The SMILES string of the molecule is CCOC[C@H]1CN(S(=O)(=O)C2CC2)Cc2cnn(C)c21. The van der Waals surface area contributed by atoms with E-state index < -0.39 is 10.0 Å². The third-order valence-corrected chi connectivity index (χ3v) is 6.36. The lowest BCUT2D eigenvalue weighted by molar-refractivity contribution is 0.119. The Bertz CT molecular complexity index is 592. The highest BCUT2D eigenvalue weighted by molar-refractivity contribution is 7.90. The summed E-state index contributed by atoms with van der Waals surface area (Å²) in [6, 6.07) is 0. The summed E-state index contributed by atoms with van der Waals surface area (Å²) in [5.74, 6) is 0.0692. The molecule has 1 aliphatic heterocycles. The molecule has 20 heavy (non-hydrogen) atoms. The van der Waals surface area contributed by atoms with Gasteiger partial charge in [0.2, 0.25) is 10.0 Å². The molecule has 2 heterocycles. The summed E-state index contributed by atoms with van der Waals surface area (Å²) in [6.45, 7) is 4.08. The zero-order valence-electron chi connectivity index (χ0n) is 11.9. The van der Waals surface area contributed by atoms with Gasteiger partial charge in [-0.2, -0.15) is 9.40 Å². The average Bonchev–Trinajstić information content (AvgIpc) is 3.21. The molecule has 3 rings (SSSR count). The Morgan fingerprint density at radius 1 is 1.45 bits per heavy atom. The van der Waals surface area contributed by atoms with E-state index in [1.54, 1.807) is 10.5 Å². The molecule has 1 fully saturated rings. The lowest BCUT2D eigenvalue weighted by atomic mass is 9.99. The quantitative estimate of drug-likeness (QED) is 0.808. The van der Waals surface area contributed by atoms with E-state index in [-0.39, 0.29) is 11.2 Å². The van der Waals surface area contributed by atoms with E-state index in [1.807, 2.05) is 18.7 Å². The summed E-state index contributed by atoms with van der Waals surface area (Å²) in [5, 5.41) is 4.11. The maximum Gasteiger partial charge on any atom is 0.217 e. The number of nitrogens with zero attached hydrogens (tertiary/aromatic N) is 3. The predicted molar refractivity (Wildman–Crippen MR) is 74.8 cm³/mol. The van der Waals surface area contributed by atoms with Crippen molar-refractivity contribution in [1.82, 2.24) is 14.1 Å². The first-order valence-corrected chi connectivity index (χ1v) is 8.61. The zero-order chi connectivity index (χ0) is 14.3. The second-order valence-electron chi connectivity index (χ2n) is 5.57. The molecule has 1 aromatic rings. The van der Waals surface area contributed by atoms with Crippen LogP contribution in [0.5, 0.6) is 0 Å². The van der Waals surface area contributed by atoms with Crippen LogP contribution in [0, 0.1) is 0 Å². The van der Waals surface area contributed by atoms with Crippen LogP contribution in [-0.4, -0.2) is 47.5 Å². The number of aryl methyl sites for hydroxylation is 1. The number of fused-ring (bicyclic) bond motifs is 1. The minimum absolute atomic E-state index is 0.0692. The van der Waals surface area contributed by atoms with Gasteiger partial charge in [0.25, 0.3) is 0 Å². The Balaban J connectivity index is 1.88. The average molecular weight is 299 g/mol. The van der Waals surface area contributed by atoms with Gasteiger partial charge in [-0.25, -0.2) is 8.42 Å². The van der Waals surface area contributed by atoms with Gasteiger partial charge in [-0.05, 0) is 19.8 Å². The molecule has 0 spiro atoms. The molecule has 1 saturated carbocycles. The molecule has 0 unspecified atom stereocenters. The maximum atomic E-state index is 12.4. The summed E-state index contributed by atoms with van der Waals surface area (Å²) in [6.07, 6.45) is 3.38. The first-order chi connectivity index (χ1) is 9.54. The molecule has 6 nitrogen and oxygen atoms in total. The second-order valence-corrected chi connectivity index (χ2v) is 7.78. The molecule has 0 aromatic carbocycles. The maximum absolute atomic E-state index is 12.4. The van der Waals surface area contributed by atoms with Crippen molar-refractivity contribution in [1.29, 1.82) is 0 Å². The van der Waals surface area contributed by atoms with Gasteiger partial charge in [-0.3, -0.25) is 4.68 Å². The van der Waals surface area contributed by atoms with Crippen molar-refractivity contribution in [3.05, 3.63) is 17.5 Å². The largest absolute Gasteiger partial charge is 0.381 e. The van der Waals surface area contributed by atoms with Gasteiger partial charge >= 0.3 is 0 Å². The van der Waals surface area contributed by atoms with Crippen molar-refractivity contribution in [3.63, 3.8) is 0 Å². The highest BCUT2D eigenvalue weighted by atomic mass is 32.2. The van der Waals surface area contributed by atoms with Crippen LogP contribution in [0.3, 0.4) is 0 Å². The molecule has 0 saturated heterocycles. The van der Waals surface area contributed by atoms with Gasteiger partial charge in [0.05, 0.1) is 18.1 Å². The van der Waals surface area contributed by atoms with Gasteiger partial charge < -0.3 is 4.74 Å². The summed E-state index contributed by atoms with van der Waals surface area (Å²) < 4.78 is 33.9. The van der Waals surface area contributed by atoms with Crippen LogP contribution in [0.2, 0.25) is 0 Å². The summed E-state index contributed by atoms with van der Waals surface area (Å²) in [7, 11) is -1.23. The van der Waals surface area contributed by atoms with E-state index in [2.05, 4.69) is 5.10 Å². The Morgan fingerprint density at radius 2 is 2.20 bits per heavy atom. The molecular weight excluding hydrogens is 278 g/mol. The van der Waals surface area contributed by atoms with E-state index in [9.17, 15) is 8.42 Å². The minimum atomic E-state index is -3.14. The lowest BCUT2D eigenvalue weighted by Gasteiger charge is -2.32. The fourth-order valence-electron chi connectivity index (χ4n) is 2.89. The molecule has 0 amide bonds. The van der Waals surface area contributed by atoms with Gasteiger partial charge in [0.15, 0.2) is 0 Å². The fourth-order valence-corrected chi connectivity index (χ4v) is 4.75. The molecule has 1 atom stereocenters. The third kappa shape index (κ3) is 2.38. The van der Waals surface area contributed by atoms with Gasteiger partial charge in [-0.1, -0.05) is 0 Å². The molecule has 0 bridgehead atoms. The molecule has 112 valence electrons. The Morgan fingerprint density at radius 3 is 2.85 bits per heavy atom. The van der Waals surface area contributed by atoms with Crippen molar-refractivity contribution in [2.45, 2.75) is 37.5 Å². The topological polar surface area (TPSA) is 64.4 Å². The van der Waals surface area contributed by atoms with E-state index in [0.29, 0.717) is 26.3 Å². The Labute approximate surface area is 119 Å². The van der Waals surface area contributed by atoms with E-state index >= 15 is 0 Å². The molecular formula is C13H21N3O3S. The number of aromatic nitrogens is 2. The fraction of sp³-hybridized carbons (Fsp3) is 0.769. The molecule has 7 heteroatoms. The number of ether oxygens (including phenoxy) is 1. The highest BCUT2D eigenvalue weighted by Gasteiger charge is 2.43. The molecule has 0 radical (unpaired) electrons. The lowest BCUT2D eigenvalue weighted by Crippen LogP contribution is -2.41. The Hall–Kier alpha value is -0.920. The van der Waals surface area contributed by atoms with E-state index in [1.165, 1.54) is 0 Å². The van der Waals surface area contributed by atoms with Crippen LogP contribution in [0.1, 0.15) is 36.9 Å². The van der Waals surface area contributed by atoms with Crippen LogP contribution in [0.25, 0.3) is 0 Å². The highest BCUT2D eigenvalue weighted by Crippen LogP contribution is 2.36. The third-order valence-electron chi connectivity index (χ3n) is 4.05. The predicted octanol–water partition coefficient (Wildman–Crippen LogP) is 0.848. The van der Waals surface area contributed by atoms with Crippen LogP contribution in [-0.2, 0) is 28.4 Å². The van der Waals surface area contributed by atoms with Gasteiger partial charge in [0, 0.05) is 43.9 Å². The number of hydrogen-bond acceptors (Lipinski definition) is 4. The number of rotatable bonds is 5. The first-order valence-electron chi connectivity index (χ1n) is 7.11. The van der Waals surface area contributed by atoms with Crippen molar-refractivity contribution in [2.75, 3.05) is 19.8 Å². The van der Waals surface area contributed by atoms with Crippen molar-refractivity contribution >= 4 is 10.0 Å². The second kappa shape index (κ2) is 5.13. The van der Waals surface area contributed by atoms with Crippen molar-refractivity contribution in [3.8, 4) is 0 Å². The Kier molecular flexibility index (Phi) is 3.60. The standard InChI is InChI=1S/C13H21N3O3S/c1-3-19-9-11-8-16(20(17,18)12-4-5-12)7-10-6-14-15(2)13(10)11/h6,11-12H,3-5,7-9H2,1-2H3/t11-/m1/s1. The van der Waals surface area contributed by atoms with E-state index in [0.717, 1.165) is 24.1 Å². The van der Waals surface area contributed by atoms with Crippen LogP contribution >= 0.6 is 0 Å². The van der Waals surface area contributed by atoms with Crippen LogP contribution in [0.15, 0.2) is 6.20 Å². The molecule has 0 N–H and O–H groups in total. The molecule has 1 aliphatic carbocycles. The normalized spacial score (nSPS) is 23.8. The monoisotopic (exact) mass is 299 g/mol. The zero-order valence-corrected chi connectivity index (χ0v) is 12.8. The summed E-state index contributed by atoms with van der Waals surface area (Å²) in [4.78, 5) is 0. The smallest absolute Gasteiger partial charge is 0.217 e. The van der Waals surface area contributed by atoms with Crippen LogP contribution < -0.4 is 0 Å². The van der Waals surface area contributed by atoms with Crippen molar-refractivity contribution < 1.29 is 13.2 Å². The molecule has 1 aromatic heterocycles. The first kappa shape index (κ1) is 14.0. The number of hydrogen-bond donors (Lipinski definition) is 0. The summed E-state index contributed by atoms with van der Waals surface area (Å²) >= 11 is 0. The van der Waals surface area contributed by atoms with E-state index in [4.69, 9.17) is 4.74 Å². The van der Waals surface area contributed by atoms with Gasteiger partial charge in [-0.15, -0.1) is 0 Å².